The molecule has 0 amide bonds. The molecule has 4 aromatic rings. The zero-order valence-electron chi connectivity index (χ0n) is 20.4. The molecule has 3 nitrogen and oxygen atoms in total. The van der Waals surface area contributed by atoms with Crippen molar-refractivity contribution in [2.24, 2.45) is 0 Å². The van der Waals surface area contributed by atoms with Gasteiger partial charge in [-0.15, -0.1) is 0 Å². The van der Waals surface area contributed by atoms with E-state index < -0.39 is 13.4 Å². The van der Waals surface area contributed by atoms with Gasteiger partial charge in [0.05, 0.1) is 0 Å². The first kappa shape index (κ1) is 26.2. The van der Waals surface area contributed by atoms with Crippen molar-refractivity contribution < 1.29 is 19.0 Å². The molecule has 0 fully saturated rings. The maximum atomic E-state index is 14.9. The fraction of sp³-hybridized carbons (Fsp3) is 0.226. The molecule has 4 aromatic carbocycles. The fourth-order valence-electron chi connectivity index (χ4n) is 4.70. The average molecular weight is 505 g/mol. The molecule has 0 radical (unpaired) electrons. The first-order chi connectivity index (χ1) is 17.7. The molecule has 0 aromatic heterocycles. The molecular weight excluding hydrogens is 470 g/mol. The van der Waals surface area contributed by atoms with Gasteiger partial charge in [-0.2, -0.15) is 0 Å². The van der Waals surface area contributed by atoms with Gasteiger partial charge in [0.25, 0.3) is 0 Å². The van der Waals surface area contributed by atoms with Crippen LogP contribution in [0.15, 0.2) is 115 Å². The van der Waals surface area contributed by atoms with Gasteiger partial charge in [-0.05, 0) is 0 Å². The number of aliphatic hydroxyl groups is 1. The van der Waals surface area contributed by atoms with E-state index in [2.05, 4.69) is 103 Å². The first-order valence-electron chi connectivity index (χ1n) is 12.4. The van der Waals surface area contributed by atoms with Crippen molar-refractivity contribution >= 4 is 23.2 Å². The molecular formula is C31H34FO3P. The van der Waals surface area contributed by atoms with Gasteiger partial charge in [0.2, 0.25) is 0 Å². The Labute approximate surface area is 213 Å². The van der Waals surface area contributed by atoms with Crippen LogP contribution in [0.4, 0.5) is 4.39 Å². The standard InChI is InChI=1S/C31H34FO3P/c32-31(24-35-23-22-34-21-20-33)27-16-18-30(19-17-27)36(28-12-6-2-7-13-28,29-14-8-3-9-15-29)25-26-10-4-1-5-11-26/h1-19,31,33,36H,20-25H2. The number of rotatable bonds is 13. The summed E-state index contributed by atoms with van der Waals surface area (Å²) in [6.07, 6.45) is -0.299. The molecule has 0 bridgehead atoms. The van der Waals surface area contributed by atoms with E-state index in [1.54, 1.807) is 0 Å². The van der Waals surface area contributed by atoms with Crippen molar-refractivity contribution in [3.8, 4) is 0 Å². The predicted molar refractivity (Wildman–Crippen MR) is 149 cm³/mol. The monoisotopic (exact) mass is 504 g/mol. The molecule has 1 N–H and O–H groups in total. The Bertz CT molecular complexity index is 1120. The molecule has 1 atom stereocenters. The van der Waals surface area contributed by atoms with Gasteiger partial charge in [-0.3, -0.25) is 0 Å². The number of alkyl halides is 1. The van der Waals surface area contributed by atoms with E-state index in [9.17, 15) is 4.39 Å². The molecule has 188 valence electrons. The van der Waals surface area contributed by atoms with Gasteiger partial charge < -0.3 is 5.11 Å². The van der Waals surface area contributed by atoms with E-state index in [4.69, 9.17) is 14.6 Å². The second kappa shape index (κ2) is 13.4. The van der Waals surface area contributed by atoms with E-state index in [1.807, 2.05) is 12.1 Å². The van der Waals surface area contributed by atoms with E-state index in [0.29, 0.717) is 18.8 Å². The van der Waals surface area contributed by atoms with Gasteiger partial charge in [-0.1, -0.05) is 0 Å². The molecule has 5 heteroatoms. The van der Waals surface area contributed by atoms with Crippen LogP contribution in [0.1, 0.15) is 17.3 Å². The number of hydrogen-bond acceptors (Lipinski definition) is 3. The topological polar surface area (TPSA) is 38.7 Å². The van der Waals surface area contributed by atoms with Crippen molar-refractivity contribution in [1.29, 1.82) is 0 Å². The van der Waals surface area contributed by atoms with Crippen LogP contribution in [0.5, 0.6) is 0 Å². The molecule has 0 spiro atoms. The van der Waals surface area contributed by atoms with Crippen molar-refractivity contribution in [2.75, 3.05) is 33.0 Å². The summed E-state index contributed by atoms with van der Waals surface area (Å²) in [7, 11) is -2.46. The summed E-state index contributed by atoms with van der Waals surface area (Å²) in [4.78, 5) is 0. The molecule has 0 aliphatic rings. The molecule has 0 saturated carbocycles. The average Bonchev–Trinajstić information content (AvgIpc) is 2.95. The van der Waals surface area contributed by atoms with Crippen LogP contribution in [0.2, 0.25) is 0 Å². The van der Waals surface area contributed by atoms with Crippen molar-refractivity contribution in [3.63, 3.8) is 0 Å². The number of benzene rings is 4. The van der Waals surface area contributed by atoms with Crippen molar-refractivity contribution in [1.82, 2.24) is 0 Å². The maximum absolute atomic E-state index is 14.9. The Morgan fingerprint density at radius 1 is 0.611 bits per heavy atom. The number of ether oxygens (including phenoxy) is 2. The van der Waals surface area contributed by atoms with Crippen LogP contribution in [0.3, 0.4) is 0 Å². The molecule has 0 heterocycles. The van der Waals surface area contributed by atoms with Gasteiger partial charge in [0.1, 0.15) is 0 Å². The minimum absolute atomic E-state index is 0.0220. The molecule has 0 aliphatic heterocycles. The van der Waals surface area contributed by atoms with Crippen molar-refractivity contribution in [2.45, 2.75) is 12.3 Å². The summed E-state index contributed by atoms with van der Waals surface area (Å²) in [6.45, 7) is 0.855. The Balaban J connectivity index is 1.66. The number of aliphatic hydroxyl groups excluding tert-OH is 1. The van der Waals surface area contributed by atoms with Crippen LogP contribution < -0.4 is 15.9 Å². The molecule has 0 saturated heterocycles. The number of halogens is 1. The van der Waals surface area contributed by atoms with Gasteiger partial charge in [0, 0.05) is 0 Å². The number of hydrogen-bond donors (Lipinski definition) is 1. The summed E-state index contributed by atoms with van der Waals surface area (Å²) in [6, 6.07) is 40.2. The first-order valence-corrected chi connectivity index (χ1v) is 14.6. The third-order valence-electron chi connectivity index (χ3n) is 6.48. The van der Waals surface area contributed by atoms with Crippen LogP contribution in [-0.2, 0) is 15.6 Å². The predicted octanol–water partition coefficient (Wildman–Crippen LogP) is 4.95. The molecule has 1 unspecified atom stereocenters. The second-order valence-electron chi connectivity index (χ2n) is 8.80. The Hall–Kier alpha value is -2.88. The minimum atomic E-state index is -2.46. The third-order valence-corrected chi connectivity index (χ3v) is 11.4. The van der Waals surface area contributed by atoms with Crippen LogP contribution >= 0.6 is 7.26 Å². The normalized spacial score (nSPS) is 12.8. The summed E-state index contributed by atoms with van der Waals surface area (Å²) in [5.41, 5.74) is 1.90. The van der Waals surface area contributed by atoms with E-state index in [-0.39, 0.29) is 19.8 Å². The zero-order valence-corrected chi connectivity index (χ0v) is 21.4. The third kappa shape index (κ3) is 6.46. The fourth-order valence-corrected chi connectivity index (χ4v) is 9.42. The quantitative estimate of drug-likeness (QED) is 0.207. The Morgan fingerprint density at radius 2 is 1.11 bits per heavy atom. The molecule has 0 aliphatic carbocycles. The van der Waals surface area contributed by atoms with E-state index in [0.717, 1.165) is 6.16 Å². The Kier molecular flexibility index (Phi) is 9.77. The van der Waals surface area contributed by atoms with Gasteiger partial charge >= 0.3 is 209 Å². The zero-order chi connectivity index (χ0) is 25.1. The summed E-state index contributed by atoms with van der Waals surface area (Å²) < 4.78 is 25.5. The summed E-state index contributed by atoms with van der Waals surface area (Å²) in [5.74, 6) is 0. The molecule has 36 heavy (non-hydrogen) atoms. The van der Waals surface area contributed by atoms with Crippen molar-refractivity contribution in [3.05, 3.63) is 126 Å². The SMILES string of the molecule is OCCOCCOCC(F)c1ccc([PH](Cc2ccccc2)(c2ccccc2)c2ccccc2)cc1. The van der Waals surface area contributed by atoms with Crippen LogP contribution in [0.25, 0.3) is 0 Å². The van der Waals surface area contributed by atoms with E-state index >= 15 is 0 Å². The Morgan fingerprint density at radius 3 is 1.67 bits per heavy atom. The molecule has 4 rings (SSSR count). The van der Waals surface area contributed by atoms with Crippen LogP contribution in [0, 0.1) is 0 Å². The van der Waals surface area contributed by atoms with E-state index in [1.165, 1.54) is 21.5 Å². The van der Waals surface area contributed by atoms with Gasteiger partial charge in [-0.25, -0.2) is 0 Å². The van der Waals surface area contributed by atoms with Crippen LogP contribution in [-0.4, -0.2) is 38.1 Å². The summed E-state index contributed by atoms with van der Waals surface area (Å²) >= 11 is 0. The summed E-state index contributed by atoms with van der Waals surface area (Å²) in [5, 5.41) is 12.7. The van der Waals surface area contributed by atoms with Gasteiger partial charge in [0.15, 0.2) is 0 Å². The second-order valence-corrected chi connectivity index (χ2v) is 12.7.